The zero-order valence-electron chi connectivity index (χ0n) is 15.5. The van der Waals surface area contributed by atoms with Crippen LogP contribution in [0.15, 0.2) is 42.5 Å². The van der Waals surface area contributed by atoms with Crippen molar-refractivity contribution in [3.63, 3.8) is 0 Å². The lowest BCUT2D eigenvalue weighted by molar-refractivity contribution is -0.0506. The zero-order chi connectivity index (χ0) is 19.4. The summed E-state index contributed by atoms with van der Waals surface area (Å²) in [6, 6.07) is 12.5. The number of nitrogens with two attached hydrogens (primary N) is 1. The van der Waals surface area contributed by atoms with Crippen LogP contribution in [0.3, 0.4) is 0 Å². The van der Waals surface area contributed by atoms with Gasteiger partial charge in [0.1, 0.15) is 29.5 Å². The van der Waals surface area contributed by atoms with Gasteiger partial charge in [-0.3, -0.25) is 4.90 Å². The Morgan fingerprint density at radius 2 is 1.89 bits per heavy atom. The first-order chi connectivity index (χ1) is 13.0. The van der Waals surface area contributed by atoms with Crippen molar-refractivity contribution in [1.82, 2.24) is 4.90 Å². The lowest BCUT2D eigenvalue weighted by atomic mass is 10.2. The van der Waals surface area contributed by atoms with Gasteiger partial charge < -0.3 is 25.1 Å². The second-order valence-corrected chi connectivity index (χ2v) is 7.07. The normalized spacial score (nSPS) is 19.5. The van der Waals surface area contributed by atoms with Crippen LogP contribution in [0.25, 0.3) is 0 Å². The van der Waals surface area contributed by atoms with Crippen LogP contribution in [0.5, 0.6) is 17.2 Å². The maximum atomic E-state index is 10.3. The number of halogens is 1. The van der Waals surface area contributed by atoms with Gasteiger partial charge in [-0.15, -0.1) is 0 Å². The van der Waals surface area contributed by atoms with Crippen LogP contribution >= 0.6 is 11.6 Å². The van der Waals surface area contributed by atoms with Gasteiger partial charge in [0, 0.05) is 24.2 Å². The summed E-state index contributed by atoms with van der Waals surface area (Å²) < 4.78 is 17.3. The summed E-state index contributed by atoms with van der Waals surface area (Å²) in [7, 11) is 1.58. The monoisotopic (exact) mass is 392 g/mol. The van der Waals surface area contributed by atoms with Crippen molar-refractivity contribution in [1.29, 1.82) is 0 Å². The molecule has 7 heteroatoms. The summed E-state index contributed by atoms with van der Waals surface area (Å²) in [6.45, 7) is 3.09. The molecule has 3 rings (SSSR count). The summed E-state index contributed by atoms with van der Waals surface area (Å²) >= 11 is 5.91. The number of aliphatic hydroxyl groups is 1. The predicted octanol–water partition coefficient (Wildman–Crippen LogP) is 3.17. The van der Waals surface area contributed by atoms with Crippen LogP contribution in [0.4, 0.5) is 5.69 Å². The second-order valence-electron chi connectivity index (χ2n) is 6.63. The molecule has 27 heavy (non-hydrogen) atoms. The summed E-state index contributed by atoms with van der Waals surface area (Å²) in [5.74, 6) is 1.91. The van der Waals surface area contributed by atoms with Crippen molar-refractivity contribution >= 4 is 17.3 Å². The average molecular weight is 393 g/mol. The van der Waals surface area contributed by atoms with E-state index in [4.69, 9.17) is 31.5 Å². The summed E-state index contributed by atoms with van der Waals surface area (Å²) in [4.78, 5) is 2.06. The first kappa shape index (κ1) is 19.6. The van der Waals surface area contributed by atoms with E-state index < -0.39 is 12.3 Å². The number of benzene rings is 2. The first-order valence-corrected chi connectivity index (χ1v) is 9.28. The number of methoxy groups -OCH3 is 1. The van der Waals surface area contributed by atoms with E-state index in [9.17, 15) is 5.11 Å². The summed E-state index contributed by atoms with van der Waals surface area (Å²) in [6.07, 6.45) is -0.384. The molecule has 0 bridgehead atoms. The molecule has 0 amide bonds. The number of ether oxygens (including phenoxy) is 3. The molecule has 1 aliphatic heterocycles. The van der Waals surface area contributed by atoms with Crippen LogP contribution in [0, 0.1) is 0 Å². The fraction of sp³-hybridized carbons (Fsp3) is 0.400. The van der Waals surface area contributed by atoms with Crippen LogP contribution in [0.2, 0.25) is 5.02 Å². The number of nitrogens with zero attached hydrogens (tertiary/aromatic N) is 1. The van der Waals surface area contributed by atoms with Gasteiger partial charge in [-0.2, -0.15) is 0 Å². The quantitative estimate of drug-likeness (QED) is 0.705. The van der Waals surface area contributed by atoms with E-state index in [2.05, 4.69) is 4.90 Å². The van der Waals surface area contributed by atoms with Crippen molar-refractivity contribution < 1.29 is 19.3 Å². The molecular formula is C20H25ClN2O4. The van der Waals surface area contributed by atoms with Crippen molar-refractivity contribution in [3.8, 4) is 17.2 Å². The number of anilines is 1. The number of hydrogen-bond donors (Lipinski definition) is 2. The molecule has 3 N–H and O–H groups in total. The lowest BCUT2D eigenvalue weighted by Crippen LogP contribution is -2.46. The highest BCUT2D eigenvalue weighted by atomic mass is 35.5. The minimum atomic E-state index is -0.704. The minimum Gasteiger partial charge on any atom is -0.497 e. The molecule has 2 aromatic carbocycles. The highest BCUT2D eigenvalue weighted by molar-refractivity contribution is 6.30. The number of aliphatic hydroxyl groups excluding tert-OH is 1. The van der Waals surface area contributed by atoms with E-state index in [0.29, 0.717) is 28.8 Å². The Balaban J connectivity index is 1.66. The Bertz CT molecular complexity index is 754. The van der Waals surface area contributed by atoms with E-state index in [1.54, 1.807) is 44.4 Å². The van der Waals surface area contributed by atoms with E-state index >= 15 is 0 Å². The van der Waals surface area contributed by atoms with Gasteiger partial charge in [0.25, 0.3) is 0 Å². The Kier molecular flexibility index (Phi) is 6.31. The fourth-order valence-corrected chi connectivity index (χ4v) is 3.26. The van der Waals surface area contributed by atoms with Gasteiger partial charge in [0.05, 0.1) is 12.8 Å². The topological polar surface area (TPSA) is 77.2 Å². The van der Waals surface area contributed by atoms with Crippen molar-refractivity contribution in [3.05, 3.63) is 47.5 Å². The van der Waals surface area contributed by atoms with Crippen LogP contribution < -0.4 is 19.9 Å². The molecule has 0 aromatic heterocycles. The van der Waals surface area contributed by atoms with E-state index in [0.717, 1.165) is 18.7 Å². The highest BCUT2D eigenvalue weighted by Crippen LogP contribution is 2.30. The van der Waals surface area contributed by atoms with Crippen LogP contribution in [-0.4, -0.2) is 48.6 Å². The molecule has 6 nitrogen and oxygen atoms in total. The number of nitrogen functional groups attached to an aromatic ring is 1. The number of likely N-dealkylation sites (tertiary alicyclic amines) is 1. The smallest absolute Gasteiger partial charge is 0.178 e. The molecule has 1 saturated heterocycles. The minimum absolute atomic E-state index is 0.0127. The summed E-state index contributed by atoms with van der Waals surface area (Å²) in [5, 5.41) is 10.9. The molecular weight excluding hydrogens is 368 g/mol. The average Bonchev–Trinajstić information content (AvgIpc) is 3.10. The van der Waals surface area contributed by atoms with Crippen molar-refractivity contribution in [2.75, 3.05) is 25.9 Å². The molecule has 3 atom stereocenters. The van der Waals surface area contributed by atoms with Crippen LogP contribution in [0.1, 0.15) is 13.3 Å². The third-order valence-electron chi connectivity index (χ3n) is 4.53. The van der Waals surface area contributed by atoms with Gasteiger partial charge in [-0.1, -0.05) is 11.6 Å². The Labute approximate surface area is 164 Å². The van der Waals surface area contributed by atoms with Crippen LogP contribution in [-0.2, 0) is 0 Å². The molecule has 2 aromatic rings. The molecule has 1 heterocycles. The molecule has 0 aliphatic carbocycles. The third-order valence-corrected chi connectivity index (χ3v) is 4.79. The Hall–Kier alpha value is -2.15. The van der Waals surface area contributed by atoms with E-state index in [-0.39, 0.29) is 6.10 Å². The van der Waals surface area contributed by atoms with Gasteiger partial charge >= 0.3 is 0 Å². The second kappa shape index (κ2) is 8.69. The molecule has 146 valence electrons. The molecule has 0 spiro atoms. The lowest BCUT2D eigenvalue weighted by Gasteiger charge is -2.31. The highest BCUT2D eigenvalue weighted by Gasteiger charge is 2.33. The van der Waals surface area contributed by atoms with Gasteiger partial charge in [0.15, 0.2) is 6.23 Å². The maximum Gasteiger partial charge on any atom is 0.178 e. The number of hydrogen-bond acceptors (Lipinski definition) is 6. The molecule has 0 saturated carbocycles. The molecule has 2 unspecified atom stereocenters. The first-order valence-electron chi connectivity index (χ1n) is 8.91. The zero-order valence-corrected chi connectivity index (χ0v) is 16.2. The standard InChI is InChI=1S/C20H25ClN2O4/c1-13(24)20(27-19-11-16(25-2)7-8-18(19)22)23-10-9-17(12-23)26-15-5-3-14(21)4-6-15/h3-8,11,13,17,20,24H,9-10,12,22H2,1-2H3/t13?,17-,20?/m0/s1. The SMILES string of the molecule is COc1ccc(N)c(OC(C(C)O)N2CC[C@H](Oc3ccc(Cl)cc3)C2)c1. The third kappa shape index (κ3) is 4.97. The van der Waals surface area contributed by atoms with Crippen molar-refractivity contribution in [2.45, 2.75) is 31.8 Å². The van der Waals surface area contributed by atoms with E-state index in [1.807, 2.05) is 12.1 Å². The molecule has 0 radical (unpaired) electrons. The summed E-state index contributed by atoms with van der Waals surface area (Å²) in [5.41, 5.74) is 6.51. The van der Waals surface area contributed by atoms with Gasteiger partial charge in [-0.05, 0) is 49.7 Å². The Morgan fingerprint density at radius 1 is 1.19 bits per heavy atom. The van der Waals surface area contributed by atoms with Gasteiger partial charge in [0.2, 0.25) is 0 Å². The number of rotatable bonds is 7. The largest absolute Gasteiger partial charge is 0.497 e. The molecule has 1 fully saturated rings. The molecule has 1 aliphatic rings. The van der Waals surface area contributed by atoms with E-state index in [1.165, 1.54) is 0 Å². The van der Waals surface area contributed by atoms with Crippen molar-refractivity contribution in [2.24, 2.45) is 0 Å². The van der Waals surface area contributed by atoms with Gasteiger partial charge in [-0.25, -0.2) is 0 Å². The fourth-order valence-electron chi connectivity index (χ4n) is 3.14. The maximum absolute atomic E-state index is 10.3. The Morgan fingerprint density at radius 3 is 2.56 bits per heavy atom. The predicted molar refractivity (Wildman–Crippen MR) is 106 cm³/mol.